The van der Waals surface area contributed by atoms with Gasteiger partial charge in [0, 0.05) is 11.6 Å². The van der Waals surface area contributed by atoms with Gasteiger partial charge in [0.2, 0.25) is 5.91 Å². The Morgan fingerprint density at radius 1 is 1.15 bits per heavy atom. The van der Waals surface area contributed by atoms with Crippen molar-refractivity contribution in [3.05, 3.63) is 48.2 Å². The zero-order valence-electron chi connectivity index (χ0n) is 12.0. The van der Waals surface area contributed by atoms with Crippen LogP contribution in [0.1, 0.15) is 19.4 Å². The van der Waals surface area contributed by atoms with Gasteiger partial charge in [-0.15, -0.1) is 0 Å². The Hall–Kier alpha value is -2.36. The molecule has 0 atom stereocenters. The number of carbonyl (C=O) groups is 1. The van der Waals surface area contributed by atoms with Crippen LogP contribution in [0, 0.1) is 12.8 Å². The fourth-order valence-corrected chi connectivity index (χ4v) is 1.68. The van der Waals surface area contributed by atoms with E-state index in [1.165, 1.54) is 0 Å². The number of aryl methyl sites for hydroxylation is 1. The van der Waals surface area contributed by atoms with Crippen LogP contribution in [0.25, 0.3) is 0 Å². The standard InChI is InChI=1S/C16H19N3O/c1-11(2)16(20)18-13-8-9-15(17-10-13)19-14-7-5-4-6-12(14)3/h4-11H,1-3H3,(H,17,19)(H,18,20). The van der Waals surface area contributed by atoms with Crippen molar-refractivity contribution < 1.29 is 4.79 Å². The molecular weight excluding hydrogens is 250 g/mol. The molecule has 2 N–H and O–H groups in total. The molecule has 104 valence electrons. The van der Waals surface area contributed by atoms with Crippen LogP contribution in [0.5, 0.6) is 0 Å². The first-order chi connectivity index (χ1) is 9.56. The summed E-state index contributed by atoms with van der Waals surface area (Å²) in [6.45, 7) is 5.76. The lowest BCUT2D eigenvalue weighted by molar-refractivity contribution is -0.118. The minimum Gasteiger partial charge on any atom is -0.340 e. The molecule has 0 radical (unpaired) electrons. The van der Waals surface area contributed by atoms with Gasteiger partial charge in [0.05, 0.1) is 11.9 Å². The van der Waals surface area contributed by atoms with Crippen LogP contribution >= 0.6 is 0 Å². The largest absolute Gasteiger partial charge is 0.340 e. The van der Waals surface area contributed by atoms with Crippen molar-refractivity contribution in [2.45, 2.75) is 20.8 Å². The summed E-state index contributed by atoms with van der Waals surface area (Å²) in [4.78, 5) is 15.9. The smallest absolute Gasteiger partial charge is 0.226 e. The van der Waals surface area contributed by atoms with Crippen LogP contribution < -0.4 is 10.6 Å². The van der Waals surface area contributed by atoms with Crippen LogP contribution in [-0.2, 0) is 4.79 Å². The Morgan fingerprint density at radius 2 is 1.90 bits per heavy atom. The molecule has 1 aromatic heterocycles. The Balaban J connectivity index is 2.05. The number of nitrogens with one attached hydrogen (secondary N) is 2. The average Bonchev–Trinajstić information content (AvgIpc) is 2.43. The van der Waals surface area contributed by atoms with Crippen molar-refractivity contribution in [2.75, 3.05) is 10.6 Å². The van der Waals surface area contributed by atoms with Crippen molar-refractivity contribution in [3.63, 3.8) is 0 Å². The zero-order chi connectivity index (χ0) is 14.5. The first kappa shape index (κ1) is 14.1. The highest BCUT2D eigenvalue weighted by molar-refractivity contribution is 5.91. The third-order valence-corrected chi connectivity index (χ3v) is 2.96. The number of benzene rings is 1. The van der Waals surface area contributed by atoms with E-state index in [9.17, 15) is 4.79 Å². The van der Waals surface area contributed by atoms with E-state index in [2.05, 4.69) is 15.6 Å². The van der Waals surface area contributed by atoms with Crippen LogP contribution in [0.3, 0.4) is 0 Å². The number of anilines is 3. The van der Waals surface area contributed by atoms with Gasteiger partial charge in [-0.1, -0.05) is 32.0 Å². The van der Waals surface area contributed by atoms with E-state index in [1.807, 2.05) is 57.2 Å². The highest BCUT2D eigenvalue weighted by atomic mass is 16.1. The second-order valence-electron chi connectivity index (χ2n) is 5.02. The van der Waals surface area contributed by atoms with Gasteiger partial charge in [-0.2, -0.15) is 0 Å². The van der Waals surface area contributed by atoms with Crippen molar-refractivity contribution >= 4 is 23.1 Å². The molecule has 0 saturated carbocycles. The van der Waals surface area contributed by atoms with Crippen LogP contribution in [0.2, 0.25) is 0 Å². The molecule has 0 aliphatic carbocycles. The number of nitrogens with zero attached hydrogens (tertiary/aromatic N) is 1. The first-order valence-corrected chi connectivity index (χ1v) is 6.66. The van der Waals surface area contributed by atoms with E-state index in [1.54, 1.807) is 6.20 Å². The number of pyridine rings is 1. The number of aromatic nitrogens is 1. The predicted octanol–water partition coefficient (Wildman–Crippen LogP) is 3.73. The maximum absolute atomic E-state index is 11.6. The summed E-state index contributed by atoms with van der Waals surface area (Å²) in [5, 5.41) is 6.07. The zero-order valence-corrected chi connectivity index (χ0v) is 12.0. The first-order valence-electron chi connectivity index (χ1n) is 6.66. The average molecular weight is 269 g/mol. The minimum absolute atomic E-state index is 0.00795. The lowest BCUT2D eigenvalue weighted by Crippen LogP contribution is -2.17. The molecule has 0 unspecified atom stereocenters. The molecule has 1 aromatic carbocycles. The van der Waals surface area contributed by atoms with Crippen LogP contribution in [0.15, 0.2) is 42.6 Å². The quantitative estimate of drug-likeness (QED) is 0.889. The Bertz CT molecular complexity index is 591. The predicted molar refractivity (Wildman–Crippen MR) is 82.2 cm³/mol. The summed E-state index contributed by atoms with van der Waals surface area (Å²) in [5.74, 6) is 0.702. The Labute approximate surface area is 119 Å². The molecule has 0 saturated heterocycles. The molecule has 2 aromatic rings. The van der Waals surface area contributed by atoms with Gasteiger partial charge < -0.3 is 10.6 Å². The summed E-state index contributed by atoms with van der Waals surface area (Å²) < 4.78 is 0. The number of para-hydroxylation sites is 1. The SMILES string of the molecule is Cc1ccccc1Nc1ccc(NC(=O)C(C)C)cn1. The third-order valence-electron chi connectivity index (χ3n) is 2.96. The molecule has 4 heteroatoms. The van der Waals surface area contributed by atoms with Crippen LogP contribution in [0.4, 0.5) is 17.2 Å². The van der Waals surface area contributed by atoms with E-state index in [0.29, 0.717) is 5.69 Å². The van der Waals surface area contributed by atoms with Crippen molar-refractivity contribution in [1.82, 2.24) is 4.98 Å². The van der Waals surface area contributed by atoms with Gasteiger partial charge >= 0.3 is 0 Å². The van der Waals surface area contributed by atoms with Gasteiger partial charge in [-0.05, 0) is 30.7 Å². The van der Waals surface area contributed by atoms with Crippen molar-refractivity contribution in [1.29, 1.82) is 0 Å². The number of hydrogen-bond acceptors (Lipinski definition) is 3. The van der Waals surface area contributed by atoms with Crippen molar-refractivity contribution in [3.8, 4) is 0 Å². The number of carbonyl (C=O) groups excluding carboxylic acids is 1. The molecule has 4 nitrogen and oxygen atoms in total. The fourth-order valence-electron chi connectivity index (χ4n) is 1.68. The summed E-state index contributed by atoms with van der Waals surface area (Å²) in [5.41, 5.74) is 2.89. The van der Waals surface area contributed by atoms with E-state index in [4.69, 9.17) is 0 Å². The Morgan fingerprint density at radius 3 is 2.50 bits per heavy atom. The second kappa shape index (κ2) is 6.19. The van der Waals surface area contributed by atoms with Gasteiger partial charge in [0.15, 0.2) is 0 Å². The summed E-state index contributed by atoms with van der Waals surface area (Å²) >= 11 is 0. The van der Waals surface area contributed by atoms with E-state index in [-0.39, 0.29) is 11.8 Å². The van der Waals surface area contributed by atoms with Gasteiger partial charge in [-0.25, -0.2) is 4.98 Å². The Kier molecular flexibility index (Phi) is 4.35. The summed E-state index contributed by atoms with van der Waals surface area (Å²) in [6, 6.07) is 11.7. The second-order valence-corrected chi connectivity index (χ2v) is 5.02. The van der Waals surface area contributed by atoms with Crippen molar-refractivity contribution in [2.24, 2.45) is 5.92 Å². The maximum Gasteiger partial charge on any atom is 0.226 e. The molecule has 0 spiro atoms. The molecular formula is C16H19N3O. The van der Waals surface area contributed by atoms with E-state index < -0.39 is 0 Å². The molecule has 0 aliphatic heterocycles. The fraction of sp³-hybridized carbons (Fsp3) is 0.250. The number of rotatable bonds is 4. The molecule has 1 amide bonds. The molecule has 0 aliphatic rings. The number of amides is 1. The molecule has 1 heterocycles. The lowest BCUT2D eigenvalue weighted by atomic mass is 10.2. The van der Waals surface area contributed by atoms with Gasteiger partial charge in [0.25, 0.3) is 0 Å². The van der Waals surface area contributed by atoms with Gasteiger partial charge in [-0.3, -0.25) is 4.79 Å². The lowest BCUT2D eigenvalue weighted by Gasteiger charge is -2.10. The number of hydrogen-bond donors (Lipinski definition) is 2. The molecule has 2 rings (SSSR count). The normalized spacial score (nSPS) is 10.4. The monoisotopic (exact) mass is 269 g/mol. The highest BCUT2D eigenvalue weighted by Crippen LogP contribution is 2.19. The molecule has 0 fully saturated rings. The summed E-state index contributed by atoms with van der Waals surface area (Å²) in [7, 11) is 0. The van der Waals surface area contributed by atoms with Gasteiger partial charge in [0.1, 0.15) is 5.82 Å². The maximum atomic E-state index is 11.6. The highest BCUT2D eigenvalue weighted by Gasteiger charge is 2.07. The van der Waals surface area contributed by atoms with Crippen LogP contribution in [-0.4, -0.2) is 10.9 Å². The third kappa shape index (κ3) is 3.57. The van der Waals surface area contributed by atoms with E-state index in [0.717, 1.165) is 17.1 Å². The topological polar surface area (TPSA) is 54.0 Å². The van der Waals surface area contributed by atoms with E-state index >= 15 is 0 Å². The molecule has 0 bridgehead atoms. The molecule has 20 heavy (non-hydrogen) atoms. The summed E-state index contributed by atoms with van der Waals surface area (Å²) in [6.07, 6.45) is 1.65. The minimum atomic E-state index is -0.0419.